The molecule has 0 aliphatic carbocycles. The number of fused-ring (bicyclic) bond motifs is 1. The van der Waals surface area contributed by atoms with E-state index in [1.54, 1.807) is 0 Å². The smallest absolute Gasteiger partial charge is 0.197 e. The molecule has 0 saturated carbocycles. The summed E-state index contributed by atoms with van der Waals surface area (Å²) in [7, 11) is 0. The lowest BCUT2D eigenvalue weighted by atomic mass is 10.1. The minimum atomic E-state index is -0.348. The van der Waals surface area contributed by atoms with Gasteiger partial charge in [0.15, 0.2) is 17.3 Å². The van der Waals surface area contributed by atoms with Crippen molar-refractivity contribution in [3.63, 3.8) is 0 Å². The molecule has 0 aromatic heterocycles. The Morgan fingerprint density at radius 1 is 1.27 bits per heavy atom. The summed E-state index contributed by atoms with van der Waals surface area (Å²) in [5.74, 6) is 0.394. The first-order chi connectivity index (χ1) is 7.31. The lowest BCUT2D eigenvalue weighted by Gasteiger charge is -2.19. The average Bonchev–Trinajstić information content (AvgIpc) is 2.26. The van der Waals surface area contributed by atoms with Crippen LogP contribution < -0.4 is 15.2 Å². The molecule has 0 bridgehead atoms. The SMILES string of the molecule is NCCCc1cc(F)c2c(c1)OCCO2. The van der Waals surface area contributed by atoms with Crippen LogP contribution >= 0.6 is 0 Å². The van der Waals surface area contributed by atoms with Gasteiger partial charge in [0.1, 0.15) is 13.2 Å². The molecule has 0 unspecified atom stereocenters. The van der Waals surface area contributed by atoms with E-state index >= 15 is 0 Å². The van der Waals surface area contributed by atoms with Gasteiger partial charge in [-0.3, -0.25) is 0 Å². The maximum atomic E-state index is 13.5. The highest BCUT2D eigenvalue weighted by atomic mass is 19.1. The highest BCUT2D eigenvalue weighted by molar-refractivity contribution is 5.45. The Morgan fingerprint density at radius 3 is 2.87 bits per heavy atom. The predicted octanol–water partition coefficient (Wildman–Crippen LogP) is 1.49. The Morgan fingerprint density at radius 2 is 2.07 bits per heavy atom. The molecule has 0 radical (unpaired) electrons. The monoisotopic (exact) mass is 211 g/mol. The van der Waals surface area contributed by atoms with Gasteiger partial charge >= 0.3 is 0 Å². The van der Waals surface area contributed by atoms with E-state index in [0.717, 1.165) is 18.4 Å². The van der Waals surface area contributed by atoms with E-state index in [1.807, 2.05) is 6.07 Å². The summed E-state index contributed by atoms with van der Waals surface area (Å²) in [6.45, 7) is 1.49. The number of hydrogen-bond acceptors (Lipinski definition) is 3. The summed E-state index contributed by atoms with van der Waals surface area (Å²) in [6.07, 6.45) is 1.61. The van der Waals surface area contributed by atoms with E-state index in [0.29, 0.717) is 25.5 Å². The van der Waals surface area contributed by atoms with Crippen LogP contribution in [0.5, 0.6) is 11.5 Å². The topological polar surface area (TPSA) is 44.5 Å². The van der Waals surface area contributed by atoms with Gasteiger partial charge in [0.25, 0.3) is 0 Å². The maximum absolute atomic E-state index is 13.5. The number of hydrogen-bond donors (Lipinski definition) is 1. The number of ether oxygens (including phenoxy) is 2. The minimum Gasteiger partial charge on any atom is -0.486 e. The van der Waals surface area contributed by atoms with Crippen LogP contribution in [0, 0.1) is 5.82 Å². The summed E-state index contributed by atoms with van der Waals surface area (Å²) >= 11 is 0. The molecule has 82 valence electrons. The van der Waals surface area contributed by atoms with Gasteiger partial charge in [-0.15, -0.1) is 0 Å². The van der Waals surface area contributed by atoms with Gasteiger partial charge in [-0.2, -0.15) is 0 Å². The van der Waals surface area contributed by atoms with E-state index in [-0.39, 0.29) is 11.6 Å². The molecule has 2 N–H and O–H groups in total. The molecule has 4 heteroatoms. The fraction of sp³-hybridized carbons (Fsp3) is 0.455. The zero-order valence-electron chi connectivity index (χ0n) is 8.46. The Labute approximate surface area is 88.0 Å². The molecule has 2 rings (SSSR count). The van der Waals surface area contributed by atoms with E-state index in [9.17, 15) is 4.39 Å². The second kappa shape index (κ2) is 4.49. The molecule has 0 spiro atoms. The van der Waals surface area contributed by atoms with Gasteiger partial charge in [-0.25, -0.2) is 4.39 Å². The van der Waals surface area contributed by atoms with Crippen molar-refractivity contribution >= 4 is 0 Å². The largest absolute Gasteiger partial charge is 0.486 e. The highest BCUT2D eigenvalue weighted by Crippen LogP contribution is 2.34. The Bertz CT molecular complexity index is 355. The van der Waals surface area contributed by atoms with E-state index in [4.69, 9.17) is 15.2 Å². The van der Waals surface area contributed by atoms with Crippen molar-refractivity contribution in [2.45, 2.75) is 12.8 Å². The van der Waals surface area contributed by atoms with Crippen LogP contribution in [-0.4, -0.2) is 19.8 Å². The molecule has 0 atom stereocenters. The van der Waals surface area contributed by atoms with Crippen LogP contribution in [0.1, 0.15) is 12.0 Å². The molecule has 0 amide bonds. The molecule has 1 aliphatic heterocycles. The summed E-state index contributed by atoms with van der Waals surface area (Å²) < 4.78 is 24.0. The van der Waals surface area contributed by atoms with Crippen molar-refractivity contribution in [2.75, 3.05) is 19.8 Å². The number of rotatable bonds is 3. The van der Waals surface area contributed by atoms with Gasteiger partial charge in [-0.05, 0) is 37.1 Å². The van der Waals surface area contributed by atoms with Gasteiger partial charge in [0.05, 0.1) is 0 Å². The van der Waals surface area contributed by atoms with Crippen LogP contribution in [0.3, 0.4) is 0 Å². The fourth-order valence-electron chi connectivity index (χ4n) is 1.61. The van der Waals surface area contributed by atoms with Crippen molar-refractivity contribution in [1.82, 2.24) is 0 Å². The van der Waals surface area contributed by atoms with E-state index in [1.165, 1.54) is 6.07 Å². The van der Waals surface area contributed by atoms with Crippen molar-refractivity contribution in [3.05, 3.63) is 23.5 Å². The molecule has 1 aliphatic rings. The summed E-state index contributed by atoms with van der Waals surface area (Å²) in [4.78, 5) is 0. The summed E-state index contributed by atoms with van der Waals surface area (Å²) in [6, 6.07) is 3.32. The van der Waals surface area contributed by atoms with Crippen molar-refractivity contribution in [2.24, 2.45) is 5.73 Å². The Balaban J connectivity index is 2.24. The summed E-state index contributed by atoms with van der Waals surface area (Å²) in [5, 5.41) is 0. The second-order valence-corrected chi connectivity index (χ2v) is 3.49. The standard InChI is InChI=1S/C11H14FNO2/c12-9-6-8(2-1-3-13)7-10-11(9)15-5-4-14-10/h6-7H,1-5,13H2. The quantitative estimate of drug-likeness (QED) is 0.823. The normalized spacial score (nSPS) is 14.0. The molecular formula is C11H14FNO2. The van der Waals surface area contributed by atoms with Crippen molar-refractivity contribution in [3.8, 4) is 11.5 Å². The average molecular weight is 211 g/mol. The third-order valence-electron chi connectivity index (χ3n) is 2.33. The molecular weight excluding hydrogens is 197 g/mol. The molecule has 1 heterocycles. The molecule has 1 aromatic rings. The minimum absolute atomic E-state index is 0.234. The maximum Gasteiger partial charge on any atom is 0.197 e. The van der Waals surface area contributed by atoms with Gasteiger partial charge in [0.2, 0.25) is 0 Å². The van der Waals surface area contributed by atoms with Gasteiger partial charge < -0.3 is 15.2 Å². The summed E-state index contributed by atoms with van der Waals surface area (Å²) in [5.41, 5.74) is 6.31. The molecule has 15 heavy (non-hydrogen) atoms. The molecule has 1 aromatic carbocycles. The van der Waals surface area contributed by atoms with Crippen molar-refractivity contribution < 1.29 is 13.9 Å². The third kappa shape index (κ3) is 2.21. The lowest BCUT2D eigenvalue weighted by molar-refractivity contribution is 0.164. The fourth-order valence-corrected chi connectivity index (χ4v) is 1.61. The first-order valence-electron chi connectivity index (χ1n) is 5.09. The van der Waals surface area contributed by atoms with Crippen LogP contribution in [0.2, 0.25) is 0 Å². The molecule has 0 saturated heterocycles. The zero-order valence-corrected chi connectivity index (χ0v) is 8.46. The molecule has 3 nitrogen and oxygen atoms in total. The number of halogens is 1. The Kier molecular flexibility index (Phi) is 3.06. The number of nitrogens with two attached hydrogens (primary N) is 1. The van der Waals surface area contributed by atoms with E-state index in [2.05, 4.69) is 0 Å². The van der Waals surface area contributed by atoms with Gasteiger partial charge in [-0.1, -0.05) is 0 Å². The van der Waals surface area contributed by atoms with Crippen molar-refractivity contribution in [1.29, 1.82) is 0 Å². The lowest BCUT2D eigenvalue weighted by Crippen LogP contribution is -2.16. The number of aryl methyl sites for hydroxylation is 1. The Hall–Kier alpha value is -1.29. The first kappa shape index (κ1) is 10.2. The van der Waals surface area contributed by atoms with E-state index < -0.39 is 0 Å². The van der Waals surface area contributed by atoms with Gasteiger partial charge in [0, 0.05) is 0 Å². The predicted molar refractivity (Wildman–Crippen MR) is 54.8 cm³/mol. The zero-order chi connectivity index (χ0) is 10.7. The third-order valence-corrected chi connectivity index (χ3v) is 2.33. The number of benzene rings is 1. The second-order valence-electron chi connectivity index (χ2n) is 3.49. The highest BCUT2D eigenvalue weighted by Gasteiger charge is 2.17. The van der Waals surface area contributed by atoms with Crippen LogP contribution in [-0.2, 0) is 6.42 Å². The van der Waals surface area contributed by atoms with Crippen LogP contribution in [0.4, 0.5) is 4.39 Å². The first-order valence-corrected chi connectivity index (χ1v) is 5.09. The van der Waals surface area contributed by atoms with Crippen LogP contribution in [0.25, 0.3) is 0 Å². The van der Waals surface area contributed by atoms with Crippen LogP contribution in [0.15, 0.2) is 12.1 Å². The molecule has 0 fully saturated rings.